The Hall–Kier alpha value is -3.47. The summed E-state index contributed by atoms with van der Waals surface area (Å²) in [4.78, 5) is 31.9. The summed E-state index contributed by atoms with van der Waals surface area (Å²) in [5.41, 5.74) is 2.87. The molecular formula is C22H19N3O2. The topological polar surface area (TPSA) is 62.3 Å². The third-order valence-corrected chi connectivity index (χ3v) is 4.93. The first kappa shape index (κ1) is 17.0. The Labute approximate surface area is 157 Å². The van der Waals surface area contributed by atoms with Gasteiger partial charge in [0, 0.05) is 18.8 Å². The second kappa shape index (κ2) is 7.03. The molecule has 2 amide bonds. The van der Waals surface area contributed by atoms with Crippen molar-refractivity contribution in [2.24, 2.45) is 0 Å². The van der Waals surface area contributed by atoms with Crippen LogP contribution in [-0.4, -0.2) is 28.7 Å². The number of fused-ring (bicyclic) bond motifs is 1. The largest absolute Gasteiger partial charge is 0.334 e. The van der Waals surface area contributed by atoms with Gasteiger partial charge in [-0.2, -0.15) is 0 Å². The molecule has 1 N–H and O–H groups in total. The van der Waals surface area contributed by atoms with Crippen LogP contribution in [0.15, 0.2) is 79.1 Å². The Kier molecular flexibility index (Phi) is 4.42. The quantitative estimate of drug-likeness (QED) is 0.779. The lowest BCUT2D eigenvalue weighted by Gasteiger charge is -2.39. The lowest BCUT2D eigenvalue weighted by molar-refractivity contribution is -0.119. The number of benzene rings is 2. The molecule has 5 nitrogen and oxygen atoms in total. The van der Waals surface area contributed by atoms with Crippen LogP contribution >= 0.6 is 0 Å². The maximum absolute atomic E-state index is 13.3. The van der Waals surface area contributed by atoms with Crippen LogP contribution in [0.4, 0.5) is 5.69 Å². The lowest BCUT2D eigenvalue weighted by Crippen LogP contribution is -2.44. The molecule has 3 aromatic rings. The highest BCUT2D eigenvalue weighted by Gasteiger charge is 2.42. The summed E-state index contributed by atoms with van der Waals surface area (Å²) in [5.74, 6) is -0.764. The van der Waals surface area contributed by atoms with E-state index in [2.05, 4.69) is 10.3 Å². The summed E-state index contributed by atoms with van der Waals surface area (Å²) >= 11 is 0. The standard InChI is InChI=1S/C22H19N3O2/c1-25-20(15-8-3-2-4-9-15)19(17-11-5-6-12-18(17)22(25)27)21(26)24-16-10-7-13-23-14-16/h2-14,19-20H,1H3,(H,24,26)/t19-,20-/m1/s1. The van der Waals surface area contributed by atoms with Gasteiger partial charge in [0.25, 0.3) is 5.91 Å². The number of carbonyl (C=O) groups is 2. The van der Waals surface area contributed by atoms with E-state index in [9.17, 15) is 9.59 Å². The minimum atomic E-state index is -0.522. The van der Waals surface area contributed by atoms with E-state index in [-0.39, 0.29) is 17.9 Å². The Balaban J connectivity index is 1.81. The van der Waals surface area contributed by atoms with Gasteiger partial charge in [0.05, 0.1) is 23.8 Å². The molecule has 1 aliphatic heterocycles. The van der Waals surface area contributed by atoms with E-state index in [0.29, 0.717) is 11.3 Å². The summed E-state index contributed by atoms with van der Waals surface area (Å²) in [5, 5.41) is 2.95. The van der Waals surface area contributed by atoms with Gasteiger partial charge in [0.2, 0.25) is 5.91 Å². The number of hydrogen-bond donors (Lipinski definition) is 1. The van der Waals surface area contributed by atoms with E-state index in [0.717, 1.165) is 11.1 Å². The first-order valence-corrected chi connectivity index (χ1v) is 8.79. The van der Waals surface area contributed by atoms with Crippen LogP contribution in [0.2, 0.25) is 0 Å². The molecule has 2 aromatic carbocycles. The van der Waals surface area contributed by atoms with Crippen molar-refractivity contribution in [2.75, 3.05) is 12.4 Å². The molecule has 134 valence electrons. The molecule has 0 aliphatic carbocycles. The molecule has 27 heavy (non-hydrogen) atoms. The molecule has 0 spiro atoms. The van der Waals surface area contributed by atoms with Gasteiger partial charge in [0.1, 0.15) is 0 Å². The second-order valence-electron chi connectivity index (χ2n) is 6.57. The Morgan fingerprint density at radius 3 is 2.48 bits per heavy atom. The third-order valence-electron chi connectivity index (χ3n) is 4.93. The number of hydrogen-bond acceptors (Lipinski definition) is 3. The van der Waals surface area contributed by atoms with Gasteiger partial charge in [-0.05, 0) is 29.3 Å². The fraction of sp³-hybridized carbons (Fsp3) is 0.136. The number of anilines is 1. The van der Waals surface area contributed by atoms with Crippen molar-refractivity contribution in [3.05, 3.63) is 95.8 Å². The number of aromatic nitrogens is 1. The van der Waals surface area contributed by atoms with Gasteiger partial charge in [-0.1, -0.05) is 48.5 Å². The summed E-state index contributed by atoms with van der Waals surface area (Å²) in [6, 6.07) is 20.2. The van der Waals surface area contributed by atoms with Crippen LogP contribution in [0.25, 0.3) is 0 Å². The van der Waals surface area contributed by atoms with Crippen molar-refractivity contribution in [3.63, 3.8) is 0 Å². The van der Waals surface area contributed by atoms with Gasteiger partial charge >= 0.3 is 0 Å². The van der Waals surface area contributed by atoms with Crippen molar-refractivity contribution >= 4 is 17.5 Å². The summed E-state index contributed by atoms with van der Waals surface area (Å²) < 4.78 is 0. The van der Waals surface area contributed by atoms with Crippen molar-refractivity contribution in [3.8, 4) is 0 Å². The predicted molar refractivity (Wildman–Crippen MR) is 103 cm³/mol. The van der Waals surface area contributed by atoms with Gasteiger partial charge < -0.3 is 10.2 Å². The molecule has 5 heteroatoms. The lowest BCUT2D eigenvalue weighted by atomic mass is 9.79. The molecule has 2 atom stereocenters. The maximum Gasteiger partial charge on any atom is 0.254 e. The highest BCUT2D eigenvalue weighted by Crippen LogP contribution is 2.42. The third kappa shape index (κ3) is 3.08. The average molecular weight is 357 g/mol. The molecular weight excluding hydrogens is 338 g/mol. The molecule has 1 aromatic heterocycles. The van der Waals surface area contributed by atoms with Crippen LogP contribution in [-0.2, 0) is 4.79 Å². The molecule has 2 heterocycles. The zero-order chi connectivity index (χ0) is 18.8. The average Bonchev–Trinajstić information content (AvgIpc) is 2.72. The smallest absolute Gasteiger partial charge is 0.254 e. The monoisotopic (exact) mass is 357 g/mol. The number of nitrogens with zero attached hydrogens (tertiary/aromatic N) is 2. The van der Waals surface area contributed by atoms with Gasteiger partial charge in [-0.25, -0.2) is 0 Å². The molecule has 0 bridgehead atoms. The minimum Gasteiger partial charge on any atom is -0.334 e. The molecule has 1 aliphatic rings. The van der Waals surface area contributed by atoms with Crippen molar-refractivity contribution in [1.29, 1.82) is 0 Å². The van der Waals surface area contributed by atoms with Gasteiger partial charge in [-0.15, -0.1) is 0 Å². The zero-order valence-corrected chi connectivity index (χ0v) is 14.9. The van der Waals surface area contributed by atoms with Gasteiger partial charge in [-0.3, -0.25) is 14.6 Å². The van der Waals surface area contributed by atoms with E-state index in [4.69, 9.17) is 0 Å². The Bertz CT molecular complexity index is 973. The number of nitrogens with one attached hydrogen (secondary N) is 1. The maximum atomic E-state index is 13.3. The fourth-order valence-corrected chi connectivity index (χ4v) is 3.68. The summed E-state index contributed by atoms with van der Waals surface area (Å²) in [6.45, 7) is 0. The first-order valence-electron chi connectivity index (χ1n) is 8.79. The van der Waals surface area contributed by atoms with Crippen LogP contribution in [0, 0.1) is 0 Å². The number of likely N-dealkylation sites (N-methyl/N-ethyl adjacent to an activating group) is 1. The first-order chi connectivity index (χ1) is 13.2. The normalized spacial score (nSPS) is 18.7. The molecule has 0 radical (unpaired) electrons. The molecule has 0 unspecified atom stereocenters. The number of pyridine rings is 1. The molecule has 0 saturated heterocycles. The predicted octanol–water partition coefficient (Wildman–Crippen LogP) is 3.63. The molecule has 0 fully saturated rings. The highest BCUT2D eigenvalue weighted by molar-refractivity contribution is 6.04. The number of amides is 2. The Morgan fingerprint density at radius 1 is 1.00 bits per heavy atom. The van der Waals surface area contributed by atoms with Crippen LogP contribution in [0.3, 0.4) is 0 Å². The van der Waals surface area contributed by atoms with E-state index < -0.39 is 5.92 Å². The zero-order valence-electron chi connectivity index (χ0n) is 14.9. The minimum absolute atomic E-state index is 0.0788. The summed E-state index contributed by atoms with van der Waals surface area (Å²) in [7, 11) is 1.75. The molecule has 0 saturated carbocycles. The molecule has 4 rings (SSSR count). The van der Waals surface area contributed by atoms with E-state index in [1.54, 1.807) is 42.5 Å². The van der Waals surface area contributed by atoms with Gasteiger partial charge in [0.15, 0.2) is 0 Å². The van der Waals surface area contributed by atoms with E-state index in [1.165, 1.54) is 0 Å². The SMILES string of the molecule is CN1C(=O)c2ccccc2[C@@H](C(=O)Nc2cccnc2)[C@H]1c1ccccc1. The second-order valence-corrected chi connectivity index (χ2v) is 6.57. The van der Waals surface area contributed by atoms with E-state index >= 15 is 0 Å². The summed E-state index contributed by atoms with van der Waals surface area (Å²) in [6.07, 6.45) is 3.27. The van der Waals surface area contributed by atoms with Crippen LogP contribution in [0.1, 0.15) is 33.4 Å². The van der Waals surface area contributed by atoms with Crippen LogP contribution in [0.5, 0.6) is 0 Å². The van der Waals surface area contributed by atoms with Crippen molar-refractivity contribution in [2.45, 2.75) is 12.0 Å². The number of carbonyl (C=O) groups excluding carboxylic acids is 2. The van der Waals surface area contributed by atoms with Crippen LogP contribution < -0.4 is 5.32 Å². The highest BCUT2D eigenvalue weighted by atomic mass is 16.2. The fourth-order valence-electron chi connectivity index (χ4n) is 3.68. The van der Waals surface area contributed by atoms with Crippen molar-refractivity contribution in [1.82, 2.24) is 9.88 Å². The van der Waals surface area contributed by atoms with Crippen molar-refractivity contribution < 1.29 is 9.59 Å². The van der Waals surface area contributed by atoms with E-state index in [1.807, 2.05) is 48.5 Å². The number of rotatable bonds is 3. The Morgan fingerprint density at radius 2 is 1.74 bits per heavy atom.